The van der Waals surface area contributed by atoms with Gasteiger partial charge in [0.1, 0.15) is 11.9 Å². The van der Waals surface area contributed by atoms with Crippen LogP contribution in [0.2, 0.25) is 23.2 Å². The fourth-order valence-electron chi connectivity index (χ4n) is 2.91. The highest BCUT2D eigenvalue weighted by atomic mass is 35.5. The number of nitrogens with one attached hydrogen (secondary N) is 1. The number of rotatable bonds is 7. The minimum absolute atomic E-state index is 0.0417. The summed E-state index contributed by atoms with van der Waals surface area (Å²) in [4.78, 5) is 28.4. The summed E-state index contributed by atoms with van der Waals surface area (Å²) in [5, 5.41) is 13.1. The van der Waals surface area contributed by atoms with Crippen molar-refractivity contribution in [2.75, 3.05) is 25.0 Å². The summed E-state index contributed by atoms with van der Waals surface area (Å²) in [6, 6.07) is 3.22. The van der Waals surface area contributed by atoms with E-state index in [4.69, 9.17) is 11.6 Å². The summed E-state index contributed by atoms with van der Waals surface area (Å²) < 4.78 is 0. The standard InChI is InChI=1S/C17H28ClN3O3Si/c1-17(2,25(3,4)24)7-12-9-21(10-12)11-14(22)16(23)20-15-6-5-13(18)8-19-15/h5-6,8,12,14,22,24H,7,9-11H2,1-4H3,(H,19,20,23)/t14-/m0/s1. The molecule has 1 aliphatic rings. The normalized spacial score (nSPS) is 17.9. The fourth-order valence-corrected chi connectivity index (χ4v) is 3.81. The quantitative estimate of drug-likeness (QED) is 0.627. The van der Waals surface area contributed by atoms with Gasteiger partial charge in [-0.05, 0) is 42.6 Å². The maximum Gasteiger partial charge on any atom is 0.255 e. The second-order valence-electron chi connectivity index (χ2n) is 8.10. The fraction of sp³-hybridized carbons (Fsp3) is 0.647. The number of carbonyl (C=O) groups excluding carboxylic acids is 1. The lowest BCUT2D eigenvalue weighted by atomic mass is 9.89. The number of hydrogen-bond donors (Lipinski definition) is 3. The molecule has 1 atom stereocenters. The molecule has 8 heteroatoms. The van der Waals surface area contributed by atoms with Crippen molar-refractivity contribution < 1.29 is 14.7 Å². The van der Waals surface area contributed by atoms with E-state index in [0.717, 1.165) is 19.5 Å². The van der Waals surface area contributed by atoms with Gasteiger partial charge in [0.15, 0.2) is 8.32 Å². The zero-order valence-electron chi connectivity index (χ0n) is 15.3. The number of aliphatic hydroxyl groups excluding tert-OH is 1. The summed E-state index contributed by atoms with van der Waals surface area (Å²) in [5.74, 6) is 0.399. The van der Waals surface area contributed by atoms with E-state index >= 15 is 0 Å². The van der Waals surface area contributed by atoms with Crippen LogP contribution in [0, 0.1) is 5.92 Å². The highest BCUT2D eigenvalue weighted by Gasteiger charge is 2.42. The smallest absolute Gasteiger partial charge is 0.255 e. The molecule has 140 valence electrons. The maximum absolute atomic E-state index is 12.0. The van der Waals surface area contributed by atoms with Crippen LogP contribution < -0.4 is 5.32 Å². The molecule has 1 amide bonds. The van der Waals surface area contributed by atoms with E-state index in [-0.39, 0.29) is 5.04 Å². The van der Waals surface area contributed by atoms with Gasteiger partial charge >= 0.3 is 0 Å². The Morgan fingerprint density at radius 1 is 1.48 bits per heavy atom. The van der Waals surface area contributed by atoms with Gasteiger partial charge in [0.05, 0.1) is 5.02 Å². The largest absolute Gasteiger partial charge is 0.432 e. The Morgan fingerprint density at radius 3 is 2.64 bits per heavy atom. The molecule has 1 aromatic heterocycles. The third-order valence-electron chi connectivity index (χ3n) is 5.20. The summed E-state index contributed by atoms with van der Waals surface area (Å²) in [6.45, 7) is 10.2. The van der Waals surface area contributed by atoms with Gasteiger partial charge in [-0.1, -0.05) is 25.4 Å². The van der Waals surface area contributed by atoms with Crippen LogP contribution in [0.25, 0.3) is 0 Å². The number of likely N-dealkylation sites (tertiary alicyclic amines) is 1. The van der Waals surface area contributed by atoms with Crippen LogP contribution in [0.15, 0.2) is 18.3 Å². The third kappa shape index (κ3) is 5.49. The van der Waals surface area contributed by atoms with Crippen molar-refractivity contribution in [3.8, 4) is 0 Å². The number of β-amino-alcohol motifs (C(OH)–C–C–N with tert-alkyl or cyclic N) is 1. The van der Waals surface area contributed by atoms with Crippen molar-refractivity contribution >= 4 is 31.6 Å². The molecule has 2 rings (SSSR count). The third-order valence-corrected chi connectivity index (χ3v) is 8.94. The van der Waals surface area contributed by atoms with Crippen LogP contribution in [-0.2, 0) is 4.79 Å². The Morgan fingerprint density at radius 2 is 2.12 bits per heavy atom. The van der Waals surface area contributed by atoms with Crippen LogP contribution in [0.5, 0.6) is 0 Å². The number of anilines is 1. The SMILES string of the molecule is CC(C)(CC1CN(C[C@H](O)C(=O)Nc2ccc(Cl)cn2)C1)[Si](C)(C)O. The van der Waals surface area contributed by atoms with Crippen molar-refractivity contribution in [2.45, 2.75) is 44.5 Å². The molecule has 0 unspecified atom stereocenters. The van der Waals surface area contributed by atoms with Gasteiger partial charge in [-0.15, -0.1) is 0 Å². The van der Waals surface area contributed by atoms with Crippen molar-refractivity contribution in [1.82, 2.24) is 9.88 Å². The average Bonchev–Trinajstić information content (AvgIpc) is 2.45. The highest BCUT2D eigenvalue weighted by Crippen LogP contribution is 2.43. The van der Waals surface area contributed by atoms with Crippen molar-refractivity contribution in [3.63, 3.8) is 0 Å². The van der Waals surface area contributed by atoms with Crippen LogP contribution >= 0.6 is 11.6 Å². The first-order chi connectivity index (χ1) is 11.5. The van der Waals surface area contributed by atoms with Crippen molar-refractivity contribution in [1.29, 1.82) is 0 Å². The number of aliphatic hydroxyl groups is 1. The number of halogens is 1. The summed E-state index contributed by atoms with van der Waals surface area (Å²) in [5.41, 5.74) is 0. The van der Waals surface area contributed by atoms with E-state index in [0.29, 0.717) is 23.3 Å². The first-order valence-electron chi connectivity index (χ1n) is 8.53. The second-order valence-corrected chi connectivity index (χ2v) is 13.0. The van der Waals surface area contributed by atoms with Gasteiger partial charge in [-0.3, -0.25) is 9.69 Å². The molecule has 0 spiro atoms. The number of carbonyl (C=O) groups is 1. The lowest BCUT2D eigenvalue weighted by molar-refractivity contribution is -0.126. The predicted molar refractivity (Wildman–Crippen MR) is 102 cm³/mol. The van der Waals surface area contributed by atoms with E-state index in [2.05, 4.69) is 29.0 Å². The summed E-state index contributed by atoms with van der Waals surface area (Å²) in [7, 11) is -2.20. The van der Waals surface area contributed by atoms with Crippen LogP contribution in [-0.4, -0.2) is 59.7 Å². The maximum atomic E-state index is 12.0. The molecule has 0 aliphatic carbocycles. The van der Waals surface area contributed by atoms with Gasteiger partial charge in [0.2, 0.25) is 0 Å². The van der Waals surface area contributed by atoms with Crippen LogP contribution in [0.3, 0.4) is 0 Å². The molecule has 2 heterocycles. The molecule has 25 heavy (non-hydrogen) atoms. The lowest BCUT2D eigenvalue weighted by Gasteiger charge is -2.46. The average molecular weight is 386 g/mol. The minimum atomic E-state index is -2.20. The zero-order chi connectivity index (χ0) is 18.8. The van der Waals surface area contributed by atoms with E-state index in [9.17, 15) is 14.7 Å². The van der Waals surface area contributed by atoms with Gasteiger partial charge in [0.25, 0.3) is 5.91 Å². The molecule has 1 aliphatic heterocycles. The summed E-state index contributed by atoms with van der Waals surface area (Å²) in [6.07, 6.45) is 1.31. The molecule has 0 aromatic carbocycles. The Kier molecular flexibility index (Phi) is 6.27. The molecule has 3 N–H and O–H groups in total. The van der Waals surface area contributed by atoms with Gasteiger partial charge < -0.3 is 15.2 Å². The number of nitrogens with zero attached hydrogens (tertiary/aromatic N) is 2. The molecule has 0 saturated carbocycles. The van der Waals surface area contributed by atoms with Gasteiger partial charge in [-0.2, -0.15) is 0 Å². The monoisotopic (exact) mass is 385 g/mol. The molecular formula is C17H28ClN3O3Si. The van der Waals surface area contributed by atoms with E-state index in [1.54, 1.807) is 12.1 Å². The molecule has 0 bridgehead atoms. The first kappa shape index (κ1) is 20.3. The van der Waals surface area contributed by atoms with Crippen LogP contribution in [0.4, 0.5) is 5.82 Å². The number of pyridine rings is 1. The predicted octanol–water partition coefficient (Wildman–Crippen LogP) is 2.33. The molecule has 6 nitrogen and oxygen atoms in total. The second kappa shape index (κ2) is 7.71. The number of amides is 1. The summed E-state index contributed by atoms with van der Waals surface area (Å²) >= 11 is 5.75. The molecule has 1 aromatic rings. The first-order valence-corrected chi connectivity index (χ1v) is 11.9. The molecule has 1 saturated heterocycles. The van der Waals surface area contributed by atoms with Gasteiger partial charge in [-0.25, -0.2) is 4.98 Å². The number of hydrogen-bond acceptors (Lipinski definition) is 5. The van der Waals surface area contributed by atoms with E-state index < -0.39 is 20.3 Å². The van der Waals surface area contributed by atoms with Gasteiger partial charge in [0, 0.05) is 25.8 Å². The molecule has 0 radical (unpaired) electrons. The topological polar surface area (TPSA) is 85.7 Å². The van der Waals surface area contributed by atoms with Crippen molar-refractivity contribution in [2.24, 2.45) is 5.92 Å². The Labute approximate surface area is 155 Å². The minimum Gasteiger partial charge on any atom is -0.432 e. The van der Waals surface area contributed by atoms with Crippen molar-refractivity contribution in [3.05, 3.63) is 23.4 Å². The Hall–Kier alpha value is -0.993. The Balaban J connectivity index is 1.75. The Bertz CT molecular complexity index is 598. The highest BCUT2D eigenvalue weighted by molar-refractivity contribution is 6.72. The number of aromatic nitrogens is 1. The van der Waals surface area contributed by atoms with Crippen LogP contribution in [0.1, 0.15) is 20.3 Å². The lowest BCUT2D eigenvalue weighted by Crippen LogP contribution is -2.53. The zero-order valence-corrected chi connectivity index (χ0v) is 17.0. The molecule has 1 fully saturated rings. The van der Waals surface area contributed by atoms with E-state index in [1.165, 1.54) is 6.20 Å². The molecular weight excluding hydrogens is 358 g/mol. The van der Waals surface area contributed by atoms with E-state index in [1.807, 2.05) is 13.1 Å².